The quantitative estimate of drug-likeness (QED) is 0.857. The summed E-state index contributed by atoms with van der Waals surface area (Å²) in [4.78, 5) is 28.3. The molecule has 2 aromatic carbocycles. The van der Waals surface area contributed by atoms with Crippen LogP contribution in [0.25, 0.3) is 0 Å². The average molecular weight is 322 g/mol. The number of piperidine rings is 1. The van der Waals surface area contributed by atoms with Crippen molar-refractivity contribution in [2.45, 2.75) is 26.2 Å². The van der Waals surface area contributed by atoms with Gasteiger partial charge >= 0.3 is 0 Å². The molecule has 0 bridgehead atoms. The number of rotatable bonds is 4. The van der Waals surface area contributed by atoms with E-state index in [0.29, 0.717) is 18.5 Å². The first-order chi connectivity index (χ1) is 11.7. The first-order valence-corrected chi connectivity index (χ1v) is 8.48. The molecule has 0 N–H and O–H groups in total. The van der Waals surface area contributed by atoms with E-state index in [0.717, 1.165) is 30.8 Å². The molecule has 0 aliphatic carbocycles. The maximum atomic E-state index is 12.8. The summed E-state index contributed by atoms with van der Waals surface area (Å²) in [6, 6.07) is 17.0. The van der Waals surface area contributed by atoms with Gasteiger partial charge in [0.05, 0.1) is 0 Å². The fourth-order valence-electron chi connectivity index (χ4n) is 3.07. The van der Waals surface area contributed by atoms with Crippen molar-refractivity contribution in [2.24, 2.45) is 0 Å². The van der Waals surface area contributed by atoms with Crippen LogP contribution in [0.3, 0.4) is 0 Å². The first kappa shape index (κ1) is 16.2. The van der Waals surface area contributed by atoms with E-state index in [1.165, 1.54) is 0 Å². The standard InChI is InChI=1S/C20H22N2O2/c1-2-21(17-8-4-3-5-9-17)20(24)16-11-13-18(14-12-16)22-15-7-6-10-19(22)23/h3-5,8-9,11-14H,2,6-7,10,15H2,1H3. The summed E-state index contributed by atoms with van der Waals surface area (Å²) in [6.45, 7) is 3.33. The van der Waals surface area contributed by atoms with Gasteiger partial charge in [-0.2, -0.15) is 0 Å². The van der Waals surface area contributed by atoms with Crippen molar-refractivity contribution in [3.63, 3.8) is 0 Å². The maximum Gasteiger partial charge on any atom is 0.258 e. The summed E-state index contributed by atoms with van der Waals surface area (Å²) in [7, 11) is 0. The summed E-state index contributed by atoms with van der Waals surface area (Å²) < 4.78 is 0. The Bertz CT molecular complexity index is 710. The van der Waals surface area contributed by atoms with Gasteiger partial charge in [-0.15, -0.1) is 0 Å². The molecule has 0 unspecified atom stereocenters. The molecule has 3 rings (SSSR count). The van der Waals surface area contributed by atoms with Crippen LogP contribution < -0.4 is 9.80 Å². The van der Waals surface area contributed by atoms with Crippen LogP contribution in [0.1, 0.15) is 36.5 Å². The molecule has 4 nitrogen and oxygen atoms in total. The molecule has 1 fully saturated rings. The first-order valence-electron chi connectivity index (χ1n) is 8.48. The van der Waals surface area contributed by atoms with Crippen LogP contribution in [0, 0.1) is 0 Å². The maximum absolute atomic E-state index is 12.8. The van der Waals surface area contributed by atoms with Crippen LogP contribution in [-0.2, 0) is 4.79 Å². The highest BCUT2D eigenvalue weighted by atomic mass is 16.2. The van der Waals surface area contributed by atoms with Crippen LogP contribution in [0.15, 0.2) is 54.6 Å². The number of nitrogens with zero attached hydrogens (tertiary/aromatic N) is 2. The van der Waals surface area contributed by atoms with E-state index in [2.05, 4.69) is 0 Å². The van der Waals surface area contributed by atoms with Crippen LogP contribution in [0.4, 0.5) is 11.4 Å². The zero-order valence-electron chi connectivity index (χ0n) is 13.9. The highest BCUT2D eigenvalue weighted by Crippen LogP contribution is 2.23. The topological polar surface area (TPSA) is 40.6 Å². The molecule has 0 aromatic heterocycles. The third-order valence-corrected chi connectivity index (χ3v) is 4.38. The van der Waals surface area contributed by atoms with Gasteiger partial charge in [0.2, 0.25) is 5.91 Å². The summed E-state index contributed by atoms with van der Waals surface area (Å²) in [5.41, 5.74) is 2.40. The average Bonchev–Trinajstić information content (AvgIpc) is 2.64. The smallest absolute Gasteiger partial charge is 0.258 e. The van der Waals surface area contributed by atoms with Gasteiger partial charge in [-0.1, -0.05) is 18.2 Å². The number of carbonyl (C=O) groups is 2. The fraction of sp³-hybridized carbons (Fsp3) is 0.300. The predicted octanol–water partition coefficient (Wildman–Crippen LogP) is 3.87. The minimum atomic E-state index is -0.0276. The number of anilines is 2. The molecule has 1 aliphatic heterocycles. The van der Waals surface area contributed by atoms with Gasteiger partial charge in [0.15, 0.2) is 0 Å². The fourth-order valence-corrected chi connectivity index (χ4v) is 3.07. The van der Waals surface area contributed by atoms with Crippen molar-refractivity contribution in [3.8, 4) is 0 Å². The second-order valence-electron chi connectivity index (χ2n) is 5.93. The lowest BCUT2D eigenvalue weighted by atomic mass is 10.1. The Kier molecular flexibility index (Phi) is 4.94. The number of hydrogen-bond acceptors (Lipinski definition) is 2. The van der Waals surface area contributed by atoms with E-state index in [4.69, 9.17) is 0 Å². The molecule has 2 aromatic rings. The molecule has 1 saturated heterocycles. The van der Waals surface area contributed by atoms with E-state index in [9.17, 15) is 9.59 Å². The Balaban J connectivity index is 1.79. The minimum absolute atomic E-state index is 0.0276. The Morgan fingerprint density at radius 3 is 2.38 bits per heavy atom. The molecular formula is C20H22N2O2. The molecule has 0 saturated carbocycles. The second-order valence-corrected chi connectivity index (χ2v) is 5.93. The number of para-hydroxylation sites is 1. The number of benzene rings is 2. The lowest BCUT2D eigenvalue weighted by Crippen LogP contribution is -2.35. The normalized spacial score (nSPS) is 14.5. The second kappa shape index (κ2) is 7.30. The van der Waals surface area contributed by atoms with Crippen molar-refractivity contribution >= 4 is 23.2 Å². The van der Waals surface area contributed by atoms with E-state index < -0.39 is 0 Å². The molecule has 1 heterocycles. The molecule has 124 valence electrons. The summed E-state index contributed by atoms with van der Waals surface area (Å²) >= 11 is 0. The van der Waals surface area contributed by atoms with Gasteiger partial charge in [-0.3, -0.25) is 9.59 Å². The Morgan fingerprint density at radius 2 is 1.75 bits per heavy atom. The zero-order chi connectivity index (χ0) is 16.9. The van der Waals surface area contributed by atoms with E-state index in [-0.39, 0.29) is 11.8 Å². The molecule has 1 aliphatic rings. The largest absolute Gasteiger partial charge is 0.312 e. The van der Waals surface area contributed by atoms with Crippen molar-refractivity contribution in [1.82, 2.24) is 0 Å². The van der Waals surface area contributed by atoms with Gasteiger partial charge in [0.1, 0.15) is 0 Å². The van der Waals surface area contributed by atoms with E-state index in [1.807, 2.05) is 66.4 Å². The molecule has 24 heavy (non-hydrogen) atoms. The van der Waals surface area contributed by atoms with Crippen LogP contribution in [-0.4, -0.2) is 24.9 Å². The minimum Gasteiger partial charge on any atom is -0.312 e. The summed E-state index contributed by atoms with van der Waals surface area (Å²) in [5.74, 6) is 0.139. The molecule has 0 atom stereocenters. The highest BCUT2D eigenvalue weighted by molar-refractivity contribution is 6.06. The third-order valence-electron chi connectivity index (χ3n) is 4.38. The monoisotopic (exact) mass is 322 g/mol. The number of hydrogen-bond donors (Lipinski definition) is 0. The molecule has 2 amide bonds. The lowest BCUT2D eigenvalue weighted by molar-refractivity contribution is -0.119. The Labute approximate surface area is 142 Å². The van der Waals surface area contributed by atoms with Gasteiger partial charge < -0.3 is 9.80 Å². The van der Waals surface area contributed by atoms with Gasteiger partial charge in [-0.05, 0) is 56.2 Å². The Morgan fingerprint density at radius 1 is 1.04 bits per heavy atom. The molecular weight excluding hydrogens is 300 g/mol. The van der Waals surface area contributed by atoms with Gasteiger partial charge in [0, 0.05) is 36.4 Å². The SMILES string of the molecule is CCN(C(=O)c1ccc(N2CCCCC2=O)cc1)c1ccccc1. The molecule has 0 spiro atoms. The van der Waals surface area contributed by atoms with E-state index in [1.54, 1.807) is 4.90 Å². The van der Waals surface area contributed by atoms with Gasteiger partial charge in [0.25, 0.3) is 5.91 Å². The van der Waals surface area contributed by atoms with Crippen molar-refractivity contribution in [2.75, 3.05) is 22.9 Å². The Hall–Kier alpha value is -2.62. The number of amides is 2. The molecule has 0 radical (unpaired) electrons. The van der Waals surface area contributed by atoms with Crippen LogP contribution >= 0.6 is 0 Å². The highest BCUT2D eigenvalue weighted by Gasteiger charge is 2.20. The summed E-state index contributed by atoms with van der Waals surface area (Å²) in [6.07, 6.45) is 2.61. The van der Waals surface area contributed by atoms with Crippen molar-refractivity contribution < 1.29 is 9.59 Å². The number of carbonyl (C=O) groups excluding carboxylic acids is 2. The predicted molar refractivity (Wildman–Crippen MR) is 96.4 cm³/mol. The zero-order valence-corrected chi connectivity index (χ0v) is 13.9. The van der Waals surface area contributed by atoms with Crippen LogP contribution in [0.2, 0.25) is 0 Å². The van der Waals surface area contributed by atoms with Crippen LogP contribution in [0.5, 0.6) is 0 Å². The van der Waals surface area contributed by atoms with Gasteiger partial charge in [-0.25, -0.2) is 0 Å². The third kappa shape index (κ3) is 3.32. The molecule has 4 heteroatoms. The lowest BCUT2D eigenvalue weighted by Gasteiger charge is -2.27. The van der Waals surface area contributed by atoms with E-state index >= 15 is 0 Å². The van der Waals surface area contributed by atoms with Crippen molar-refractivity contribution in [1.29, 1.82) is 0 Å². The van der Waals surface area contributed by atoms with Crippen molar-refractivity contribution in [3.05, 3.63) is 60.2 Å². The summed E-state index contributed by atoms with van der Waals surface area (Å²) in [5, 5.41) is 0.